The van der Waals surface area contributed by atoms with Crippen molar-refractivity contribution in [1.82, 2.24) is 5.32 Å². The van der Waals surface area contributed by atoms with Crippen LogP contribution in [0.15, 0.2) is 24.3 Å². The molecule has 0 bridgehead atoms. The molecular formula is C22H33N3O6. The number of aliphatic carboxylic acids is 1. The lowest BCUT2D eigenvalue weighted by Crippen LogP contribution is -2.46. The number of carboxylic acid groups (broad SMARTS) is 1. The summed E-state index contributed by atoms with van der Waals surface area (Å²) in [6, 6.07) is 6.29. The van der Waals surface area contributed by atoms with Gasteiger partial charge in [0.15, 0.2) is 0 Å². The molecule has 0 radical (unpaired) electrons. The highest BCUT2D eigenvalue weighted by atomic mass is 16.6. The Morgan fingerprint density at radius 1 is 1.03 bits per heavy atom. The number of primary amides is 1. The molecule has 9 nitrogen and oxygen atoms in total. The lowest BCUT2D eigenvalue weighted by molar-refractivity contribution is -0.137. The van der Waals surface area contributed by atoms with Crippen LogP contribution in [0.3, 0.4) is 0 Å². The summed E-state index contributed by atoms with van der Waals surface area (Å²) in [6.07, 6.45) is 2.60. The molecule has 1 aromatic carbocycles. The van der Waals surface area contributed by atoms with Gasteiger partial charge in [-0.1, -0.05) is 18.6 Å². The van der Waals surface area contributed by atoms with Gasteiger partial charge in [0.25, 0.3) is 0 Å². The highest BCUT2D eigenvalue weighted by molar-refractivity contribution is 5.96. The molecule has 9 heteroatoms. The Hall–Kier alpha value is -3.10. The van der Waals surface area contributed by atoms with Crippen LogP contribution >= 0.6 is 0 Å². The Labute approximate surface area is 182 Å². The van der Waals surface area contributed by atoms with Gasteiger partial charge in [0.05, 0.1) is 0 Å². The van der Waals surface area contributed by atoms with E-state index in [2.05, 4.69) is 10.6 Å². The van der Waals surface area contributed by atoms with Crippen molar-refractivity contribution in [3.63, 3.8) is 0 Å². The second-order valence-electron chi connectivity index (χ2n) is 8.34. The molecule has 0 heterocycles. The number of nitrogens with one attached hydrogen (secondary N) is 2. The molecule has 0 fully saturated rings. The van der Waals surface area contributed by atoms with Crippen molar-refractivity contribution in [2.75, 3.05) is 5.32 Å². The third-order valence-electron chi connectivity index (χ3n) is 4.26. The number of rotatable bonds is 12. The lowest BCUT2D eigenvalue weighted by atomic mass is 10.1. The Morgan fingerprint density at radius 2 is 1.68 bits per heavy atom. The molecule has 1 aromatic rings. The largest absolute Gasteiger partial charge is 0.481 e. The minimum Gasteiger partial charge on any atom is -0.481 e. The van der Waals surface area contributed by atoms with Crippen LogP contribution < -0.4 is 16.4 Å². The zero-order valence-electron chi connectivity index (χ0n) is 18.4. The molecule has 0 unspecified atom stereocenters. The molecule has 5 N–H and O–H groups in total. The number of carbonyl (C=O) groups excluding carboxylic acids is 3. The van der Waals surface area contributed by atoms with E-state index in [1.54, 1.807) is 32.9 Å². The number of ether oxygens (including phenoxy) is 1. The van der Waals surface area contributed by atoms with Crippen molar-refractivity contribution in [3.8, 4) is 0 Å². The predicted octanol–water partition coefficient (Wildman–Crippen LogP) is 2.97. The van der Waals surface area contributed by atoms with Gasteiger partial charge in [-0.25, -0.2) is 4.79 Å². The molecule has 0 aliphatic rings. The van der Waals surface area contributed by atoms with Crippen molar-refractivity contribution in [1.29, 1.82) is 0 Å². The SMILES string of the molecule is CC(C)(C)OC(=O)N[C@@H](CCC(N)=O)C(=O)Nc1ccc(CCCCCC(=O)O)cc1. The van der Waals surface area contributed by atoms with E-state index in [4.69, 9.17) is 15.6 Å². The first-order valence-corrected chi connectivity index (χ1v) is 10.4. The Kier molecular flexibility index (Phi) is 10.5. The van der Waals surface area contributed by atoms with Crippen LogP contribution in [0.4, 0.5) is 10.5 Å². The van der Waals surface area contributed by atoms with Gasteiger partial charge in [-0.3, -0.25) is 14.4 Å². The standard InChI is InChI=1S/C22H33N3O6/c1-22(2,3)31-21(30)25-17(13-14-18(23)26)20(29)24-16-11-9-15(10-12-16)7-5-4-6-8-19(27)28/h9-12,17H,4-8,13-14H2,1-3H3,(H2,23,26)(H,24,29)(H,25,30)(H,27,28)/t17-/m0/s1. The fraction of sp³-hybridized carbons (Fsp3) is 0.545. The van der Waals surface area contributed by atoms with E-state index in [0.29, 0.717) is 12.1 Å². The number of amides is 3. The van der Waals surface area contributed by atoms with Crippen LogP contribution in [-0.4, -0.2) is 40.6 Å². The zero-order valence-corrected chi connectivity index (χ0v) is 18.4. The highest BCUT2D eigenvalue weighted by Gasteiger charge is 2.24. The molecule has 0 aliphatic heterocycles. The van der Waals surface area contributed by atoms with Crippen molar-refractivity contribution >= 4 is 29.6 Å². The van der Waals surface area contributed by atoms with Gasteiger partial charge in [0.2, 0.25) is 11.8 Å². The lowest BCUT2D eigenvalue weighted by Gasteiger charge is -2.23. The molecule has 0 spiro atoms. The second kappa shape index (κ2) is 12.6. The number of nitrogens with two attached hydrogens (primary N) is 1. The van der Waals surface area contributed by atoms with Gasteiger partial charge in [0, 0.05) is 18.5 Å². The van der Waals surface area contributed by atoms with Gasteiger partial charge < -0.3 is 26.2 Å². The van der Waals surface area contributed by atoms with Gasteiger partial charge in [-0.15, -0.1) is 0 Å². The van der Waals surface area contributed by atoms with Gasteiger partial charge in [-0.05, 0) is 64.2 Å². The topological polar surface area (TPSA) is 148 Å². The van der Waals surface area contributed by atoms with Crippen LogP contribution in [0.5, 0.6) is 0 Å². The average Bonchev–Trinajstić information content (AvgIpc) is 2.64. The molecule has 0 aliphatic carbocycles. The summed E-state index contributed by atoms with van der Waals surface area (Å²) in [6.45, 7) is 5.12. The summed E-state index contributed by atoms with van der Waals surface area (Å²) < 4.78 is 5.18. The van der Waals surface area contributed by atoms with E-state index in [9.17, 15) is 19.2 Å². The van der Waals surface area contributed by atoms with Gasteiger partial charge >= 0.3 is 12.1 Å². The van der Waals surface area contributed by atoms with Crippen LogP contribution in [0.1, 0.15) is 64.9 Å². The fourth-order valence-electron chi connectivity index (χ4n) is 2.77. The molecule has 0 aromatic heterocycles. The summed E-state index contributed by atoms with van der Waals surface area (Å²) in [5.41, 5.74) is 6.07. The maximum Gasteiger partial charge on any atom is 0.408 e. The predicted molar refractivity (Wildman–Crippen MR) is 116 cm³/mol. The number of alkyl carbamates (subject to hydrolysis) is 1. The first-order chi connectivity index (χ1) is 14.5. The second-order valence-corrected chi connectivity index (χ2v) is 8.34. The van der Waals surface area contributed by atoms with E-state index in [1.165, 1.54) is 0 Å². The van der Waals surface area contributed by atoms with E-state index in [-0.39, 0.29) is 19.3 Å². The third-order valence-corrected chi connectivity index (χ3v) is 4.26. The fourth-order valence-corrected chi connectivity index (χ4v) is 2.77. The minimum atomic E-state index is -0.976. The highest BCUT2D eigenvalue weighted by Crippen LogP contribution is 2.14. The summed E-state index contributed by atoms with van der Waals surface area (Å²) in [5, 5.41) is 13.9. The van der Waals surface area contributed by atoms with E-state index in [1.807, 2.05) is 12.1 Å². The number of carbonyl (C=O) groups is 4. The summed E-state index contributed by atoms with van der Waals surface area (Å²) in [4.78, 5) is 46.3. The number of hydrogen-bond donors (Lipinski definition) is 4. The van der Waals surface area contributed by atoms with Crippen LogP contribution in [0.2, 0.25) is 0 Å². The number of anilines is 1. The number of carboxylic acids is 1. The monoisotopic (exact) mass is 435 g/mol. The molecule has 31 heavy (non-hydrogen) atoms. The van der Waals surface area contributed by atoms with Crippen molar-refractivity contribution in [2.45, 2.75) is 77.4 Å². The average molecular weight is 436 g/mol. The van der Waals surface area contributed by atoms with E-state index >= 15 is 0 Å². The van der Waals surface area contributed by atoms with Crippen LogP contribution in [0, 0.1) is 0 Å². The van der Waals surface area contributed by atoms with Crippen molar-refractivity contribution in [3.05, 3.63) is 29.8 Å². The zero-order chi connectivity index (χ0) is 23.4. The molecule has 3 amide bonds. The molecule has 1 rings (SSSR count). The first kappa shape index (κ1) is 25.9. The minimum absolute atomic E-state index is 0.0504. The van der Waals surface area contributed by atoms with Crippen LogP contribution in [0.25, 0.3) is 0 Å². The normalized spacial score (nSPS) is 12.0. The maximum atomic E-state index is 12.6. The summed E-state index contributed by atoms with van der Waals surface area (Å²) in [5.74, 6) is -1.83. The molecule has 1 atom stereocenters. The number of aryl methyl sites for hydroxylation is 1. The quantitative estimate of drug-likeness (QED) is 0.371. The summed E-state index contributed by atoms with van der Waals surface area (Å²) >= 11 is 0. The smallest absolute Gasteiger partial charge is 0.408 e. The Morgan fingerprint density at radius 3 is 2.23 bits per heavy atom. The van der Waals surface area contributed by atoms with Gasteiger partial charge in [0.1, 0.15) is 11.6 Å². The Balaban J connectivity index is 2.62. The van der Waals surface area contributed by atoms with E-state index in [0.717, 1.165) is 24.8 Å². The number of unbranched alkanes of at least 4 members (excludes halogenated alkanes) is 2. The molecular weight excluding hydrogens is 402 g/mol. The molecule has 0 saturated carbocycles. The number of hydrogen-bond acceptors (Lipinski definition) is 5. The Bertz CT molecular complexity index is 756. The molecule has 0 saturated heterocycles. The third kappa shape index (κ3) is 12.2. The number of benzene rings is 1. The van der Waals surface area contributed by atoms with Crippen molar-refractivity contribution < 1.29 is 29.0 Å². The first-order valence-electron chi connectivity index (χ1n) is 10.4. The summed E-state index contributed by atoms with van der Waals surface area (Å²) in [7, 11) is 0. The van der Waals surface area contributed by atoms with Gasteiger partial charge in [-0.2, -0.15) is 0 Å². The van der Waals surface area contributed by atoms with E-state index < -0.39 is 35.5 Å². The van der Waals surface area contributed by atoms with Crippen LogP contribution in [-0.2, 0) is 25.5 Å². The van der Waals surface area contributed by atoms with Crippen molar-refractivity contribution in [2.24, 2.45) is 5.73 Å². The maximum absolute atomic E-state index is 12.6. The molecule has 172 valence electrons.